The van der Waals surface area contributed by atoms with Crippen LogP contribution >= 0.6 is 0 Å². The molecule has 0 radical (unpaired) electrons. The average molecular weight is 330 g/mol. The van der Waals surface area contributed by atoms with Crippen molar-refractivity contribution in [3.63, 3.8) is 0 Å². The molecule has 5 heteroatoms. The molecular formula is C19H26N2O3. The van der Waals surface area contributed by atoms with Gasteiger partial charge < -0.3 is 15.0 Å². The van der Waals surface area contributed by atoms with Gasteiger partial charge in [-0.1, -0.05) is 30.3 Å². The second kappa shape index (κ2) is 6.11. The summed E-state index contributed by atoms with van der Waals surface area (Å²) in [4.78, 5) is 26.9. The molecule has 1 aromatic rings. The number of amides is 2. The lowest BCUT2D eigenvalue weighted by Crippen LogP contribution is -2.52. The Bertz CT molecular complexity index is 623. The average Bonchev–Trinajstić information content (AvgIpc) is 2.83. The third-order valence-electron chi connectivity index (χ3n) is 4.96. The molecule has 5 nitrogen and oxygen atoms in total. The minimum Gasteiger partial charge on any atom is -0.444 e. The van der Waals surface area contributed by atoms with Crippen molar-refractivity contribution in [3.05, 3.63) is 35.9 Å². The van der Waals surface area contributed by atoms with Crippen LogP contribution in [0.25, 0.3) is 0 Å². The summed E-state index contributed by atoms with van der Waals surface area (Å²) < 4.78 is 5.51. The highest BCUT2D eigenvalue weighted by Crippen LogP contribution is 2.46. The SMILES string of the molecule is CC(C)(C)OC(=O)N1CCC[C@]2(C1)C(=O)NC[C@H]2c1ccccc1. The molecule has 0 unspecified atom stereocenters. The maximum absolute atomic E-state index is 12.7. The number of carbonyl (C=O) groups is 2. The van der Waals surface area contributed by atoms with Crippen molar-refractivity contribution >= 4 is 12.0 Å². The van der Waals surface area contributed by atoms with Crippen molar-refractivity contribution in [1.82, 2.24) is 10.2 Å². The van der Waals surface area contributed by atoms with Crippen molar-refractivity contribution < 1.29 is 14.3 Å². The van der Waals surface area contributed by atoms with Crippen LogP contribution < -0.4 is 5.32 Å². The molecule has 1 spiro atoms. The summed E-state index contributed by atoms with van der Waals surface area (Å²) in [6, 6.07) is 10.1. The van der Waals surface area contributed by atoms with E-state index >= 15 is 0 Å². The number of likely N-dealkylation sites (tertiary alicyclic amines) is 1. The van der Waals surface area contributed by atoms with Gasteiger partial charge in [0, 0.05) is 25.6 Å². The van der Waals surface area contributed by atoms with Crippen molar-refractivity contribution in [2.24, 2.45) is 5.41 Å². The van der Waals surface area contributed by atoms with Gasteiger partial charge in [-0.3, -0.25) is 4.79 Å². The van der Waals surface area contributed by atoms with E-state index in [-0.39, 0.29) is 17.9 Å². The standard InChI is InChI=1S/C19H26N2O3/c1-18(2,3)24-17(23)21-11-7-10-19(13-21)15(12-20-16(19)22)14-8-5-4-6-9-14/h4-6,8-9,15H,7,10-13H2,1-3H3,(H,20,22)/t15-,19+/m0/s1. The lowest BCUT2D eigenvalue weighted by Gasteiger charge is -2.42. The zero-order valence-corrected chi connectivity index (χ0v) is 14.7. The lowest BCUT2D eigenvalue weighted by atomic mass is 9.69. The largest absolute Gasteiger partial charge is 0.444 e. The van der Waals surface area contributed by atoms with Crippen molar-refractivity contribution in [3.8, 4) is 0 Å². The molecule has 2 heterocycles. The number of ether oxygens (including phenoxy) is 1. The first-order valence-electron chi connectivity index (χ1n) is 8.63. The number of hydrogen-bond donors (Lipinski definition) is 1. The maximum atomic E-state index is 12.7. The predicted octanol–water partition coefficient (Wildman–Crippen LogP) is 2.92. The summed E-state index contributed by atoms with van der Waals surface area (Å²) >= 11 is 0. The topological polar surface area (TPSA) is 58.6 Å². The fraction of sp³-hybridized carbons (Fsp3) is 0.579. The summed E-state index contributed by atoms with van der Waals surface area (Å²) in [5.74, 6) is 0.154. The number of benzene rings is 1. The molecule has 2 amide bonds. The molecule has 1 N–H and O–H groups in total. The molecule has 3 rings (SSSR count). The van der Waals surface area contributed by atoms with Crippen molar-refractivity contribution in [2.45, 2.75) is 45.1 Å². The molecule has 130 valence electrons. The zero-order valence-electron chi connectivity index (χ0n) is 14.7. The van der Waals surface area contributed by atoms with E-state index < -0.39 is 11.0 Å². The van der Waals surface area contributed by atoms with Crippen LogP contribution in [0.4, 0.5) is 4.79 Å². The third kappa shape index (κ3) is 3.12. The van der Waals surface area contributed by atoms with Crippen LogP contribution in [0.5, 0.6) is 0 Å². The van der Waals surface area contributed by atoms with Crippen LogP contribution in [0.15, 0.2) is 30.3 Å². The van der Waals surface area contributed by atoms with E-state index in [2.05, 4.69) is 17.4 Å². The summed E-state index contributed by atoms with van der Waals surface area (Å²) in [5, 5.41) is 3.02. The highest BCUT2D eigenvalue weighted by Gasteiger charge is 2.53. The van der Waals surface area contributed by atoms with E-state index in [1.54, 1.807) is 4.90 Å². The molecule has 0 aliphatic carbocycles. The Morgan fingerprint density at radius 2 is 2.00 bits per heavy atom. The van der Waals surface area contributed by atoms with Gasteiger partial charge >= 0.3 is 6.09 Å². The summed E-state index contributed by atoms with van der Waals surface area (Å²) in [6.07, 6.45) is 1.29. The number of rotatable bonds is 1. The van der Waals surface area contributed by atoms with Crippen molar-refractivity contribution in [1.29, 1.82) is 0 Å². The summed E-state index contributed by atoms with van der Waals surface area (Å²) in [6.45, 7) is 7.28. The van der Waals surface area contributed by atoms with Gasteiger partial charge in [0.05, 0.1) is 5.41 Å². The van der Waals surface area contributed by atoms with E-state index in [0.717, 1.165) is 18.4 Å². The second-order valence-electron chi connectivity index (χ2n) is 7.83. The molecule has 2 atom stereocenters. The first kappa shape index (κ1) is 16.8. The van der Waals surface area contributed by atoms with E-state index in [0.29, 0.717) is 19.6 Å². The van der Waals surface area contributed by atoms with Gasteiger partial charge in [0.2, 0.25) is 5.91 Å². The highest BCUT2D eigenvalue weighted by molar-refractivity contribution is 5.87. The van der Waals surface area contributed by atoms with Gasteiger partial charge in [0.1, 0.15) is 5.60 Å². The van der Waals surface area contributed by atoms with Crippen LogP contribution in [-0.4, -0.2) is 42.1 Å². The molecule has 2 saturated heterocycles. The van der Waals surface area contributed by atoms with Gasteiger partial charge in [-0.2, -0.15) is 0 Å². The van der Waals surface area contributed by atoms with Crippen LogP contribution in [0.2, 0.25) is 0 Å². The number of nitrogens with one attached hydrogen (secondary N) is 1. The van der Waals surface area contributed by atoms with Gasteiger partial charge in [-0.05, 0) is 39.2 Å². The zero-order chi connectivity index (χ0) is 17.4. The normalized spacial score (nSPS) is 27.2. The second-order valence-corrected chi connectivity index (χ2v) is 7.83. The molecule has 24 heavy (non-hydrogen) atoms. The van der Waals surface area contributed by atoms with E-state index in [9.17, 15) is 9.59 Å². The van der Waals surface area contributed by atoms with Crippen molar-refractivity contribution in [2.75, 3.05) is 19.6 Å². The van der Waals surface area contributed by atoms with E-state index in [4.69, 9.17) is 4.74 Å². The Morgan fingerprint density at radius 3 is 2.67 bits per heavy atom. The van der Waals surface area contributed by atoms with Gasteiger partial charge in [-0.15, -0.1) is 0 Å². The first-order chi connectivity index (χ1) is 11.3. The summed E-state index contributed by atoms with van der Waals surface area (Å²) in [5.41, 5.74) is 0.0801. The molecule has 0 saturated carbocycles. The molecule has 1 aromatic carbocycles. The van der Waals surface area contributed by atoms with Gasteiger partial charge in [0.25, 0.3) is 0 Å². The fourth-order valence-electron chi connectivity index (χ4n) is 3.88. The lowest BCUT2D eigenvalue weighted by molar-refractivity contribution is -0.130. The number of nitrogens with zero attached hydrogens (tertiary/aromatic N) is 1. The van der Waals surface area contributed by atoms with Crippen LogP contribution in [0.3, 0.4) is 0 Å². The molecular weight excluding hydrogens is 304 g/mol. The van der Waals surface area contributed by atoms with Gasteiger partial charge in [-0.25, -0.2) is 4.79 Å². The minimum atomic E-state index is -0.545. The molecule has 2 aliphatic heterocycles. The Kier molecular flexibility index (Phi) is 4.28. The van der Waals surface area contributed by atoms with E-state index in [1.807, 2.05) is 39.0 Å². The predicted molar refractivity (Wildman–Crippen MR) is 91.7 cm³/mol. The monoisotopic (exact) mass is 330 g/mol. The van der Waals surface area contributed by atoms with Crippen LogP contribution in [-0.2, 0) is 9.53 Å². The van der Waals surface area contributed by atoms with Crippen LogP contribution in [0.1, 0.15) is 45.1 Å². The smallest absolute Gasteiger partial charge is 0.410 e. The maximum Gasteiger partial charge on any atom is 0.410 e. The number of piperidine rings is 1. The van der Waals surface area contributed by atoms with Gasteiger partial charge in [0.15, 0.2) is 0 Å². The highest BCUT2D eigenvalue weighted by atomic mass is 16.6. The van der Waals surface area contributed by atoms with Crippen LogP contribution in [0, 0.1) is 5.41 Å². The van der Waals surface area contributed by atoms with E-state index in [1.165, 1.54) is 0 Å². The Labute approximate surface area is 143 Å². The molecule has 2 fully saturated rings. The molecule has 0 bridgehead atoms. The fourth-order valence-corrected chi connectivity index (χ4v) is 3.88. The minimum absolute atomic E-state index is 0.0598. The number of carbonyl (C=O) groups excluding carboxylic acids is 2. The third-order valence-corrected chi connectivity index (χ3v) is 4.96. The quantitative estimate of drug-likeness (QED) is 0.861. The Hall–Kier alpha value is -2.04. The first-order valence-corrected chi connectivity index (χ1v) is 8.63. The molecule has 2 aliphatic rings. The number of hydrogen-bond acceptors (Lipinski definition) is 3. The Morgan fingerprint density at radius 1 is 1.29 bits per heavy atom. The molecule has 0 aromatic heterocycles. The summed E-state index contributed by atoms with van der Waals surface area (Å²) in [7, 11) is 0. The Balaban J connectivity index is 1.84.